The Morgan fingerprint density at radius 2 is 2.33 bits per heavy atom. The summed E-state index contributed by atoms with van der Waals surface area (Å²) < 4.78 is 0. The highest BCUT2D eigenvalue weighted by Gasteiger charge is 2.22. The highest BCUT2D eigenvalue weighted by atomic mass is 16.3. The molecule has 18 heavy (non-hydrogen) atoms. The van der Waals surface area contributed by atoms with Gasteiger partial charge in [0, 0.05) is 6.20 Å². The van der Waals surface area contributed by atoms with Crippen LogP contribution in [-0.2, 0) is 0 Å². The van der Waals surface area contributed by atoms with E-state index in [9.17, 15) is 5.11 Å². The number of aromatic amines is 1. The maximum atomic E-state index is 9.46. The number of fused-ring (bicyclic) bond motifs is 1. The smallest absolute Gasteiger partial charge is 0.142 e. The molecule has 2 heterocycles. The van der Waals surface area contributed by atoms with Crippen LogP contribution in [0.3, 0.4) is 0 Å². The Kier molecular flexibility index (Phi) is 3.15. The standard InChI is InChI=1S/C13H18N4O/c18-7-10(6-9-2-1-3-9)17-13-11-4-5-14-12(11)15-8-16-13/h4-5,8-10,18H,1-3,6-7H2,(H2,14,15,16,17)/t10-/m0/s1. The van der Waals surface area contributed by atoms with Gasteiger partial charge >= 0.3 is 0 Å². The first-order chi connectivity index (χ1) is 8.86. The number of nitrogens with one attached hydrogen (secondary N) is 2. The van der Waals surface area contributed by atoms with E-state index in [-0.39, 0.29) is 12.6 Å². The molecular weight excluding hydrogens is 228 g/mol. The molecule has 1 atom stereocenters. The summed E-state index contributed by atoms with van der Waals surface area (Å²) in [5.74, 6) is 1.57. The van der Waals surface area contributed by atoms with E-state index in [4.69, 9.17) is 0 Å². The fourth-order valence-electron chi connectivity index (χ4n) is 2.49. The van der Waals surface area contributed by atoms with Gasteiger partial charge in [-0.3, -0.25) is 0 Å². The molecule has 1 aliphatic carbocycles. The summed E-state index contributed by atoms with van der Waals surface area (Å²) in [4.78, 5) is 11.5. The second-order valence-corrected chi connectivity index (χ2v) is 5.02. The van der Waals surface area contributed by atoms with Gasteiger partial charge in [-0.1, -0.05) is 19.3 Å². The highest BCUT2D eigenvalue weighted by Crippen LogP contribution is 2.31. The second-order valence-electron chi connectivity index (χ2n) is 5.02. The Labute approximate surface area is 106 Å². The third-order valence-electron chi connectivity index (χ3n) is 3.76. The molecule has 1 fully saturated rings. The van der Waals surface area contributed by atoms with E-state index in [1.165, 1.54) is 19.3 Å². The van der Waals surface area contributed by atoms with E-state index in [1.807, 2.05) is 12.3 Å². The number of aliphatic hydroxyl groups is 1. The zero-order chi connectivity index (χ0) is 12.4. The van der Waals surface area contributed by atoms with Crippen molar-refractivity contribution in [3.8, 4) is 0 Å². The highest BCUT2D eigenvalue weighted by molar-refractivity contribution is 5.86. The van der Waals surface area contributed by atoms with Crippen molar-refractivity contribution in [2.24, 2.45) is 5.92 Å². The predicted molar refractivity (Wildman–Crippen MR) is 70.3 cm³/mol. The lowest BCUT2D eigenvalue weighted by Gasteiger charge is -2.29. The van der Waals surface area contributed by atoms with E-state index in [1.54, 1.807) is 6.33 Å². The number of H-pyrrole nitrogens is 1. The minimum atomic E-state index is 0.0864. The predicted octanol–water partition coefficient (Wildman–Crippen LogP) is 1.92. The van der Waals surface area contributed by atoms with Crippen LogP contribution < -0.4 is 5.32 Å². The lowest BCUT2D eigenvalue weighted by atomic mass is 9.81. The largest absolute Gasteiger partial charge is 0.394 e. The number of anilines is 1. The Bertz CT molecular complexity index is 520. The average Bonchev–Trinajstić information content (AvgIpc) is 2.81. The molecule has 2 aromatic rings. The fraction of sp³-hybridized carbons (Fsp3) is 0.538. The number of rotatable bonds is 5. The lowest BCUT2D eigenvalue weighted by Crippen LogP contribution is -2.29. The number of hydrogen-bond donors (Lipinski definition) is 3. The van der Waals surface area contributed by atoms with Crippen LogP contribution in [0.1, 0.15) is 25.7 Å². The van der Waals surface area contributed by atoms with Crippen molar-refractivity contribution in [1.82, 2.24) is 15.0 Å². The summed E-state index contributed by atoms with van der Waals surface area (Å²) in [6, 6.07) is 2.04. The first kappa shape index (κ1) is 11.5. The van der Waals surface area contributed by atoms with Crippen molar-refractivity contribution in [2.75, 3.05) is 11.9 Å². The van der Waals surface area contributed by atoms with Crippen LogP contribution in [0.4, 0.5) is 5.82 Å². The van der Waals surface area contributed by atoms with Crippen LogP contribution >= 0.6 is 0 Å². The molecule has 5 heteroatoms. The van der Waals surface area contributed by atoms with Crippen LogP contribution in [0.2, 0.25) is 0 Å². The van der Waals surface area contributed by atoms with E-state index in [0.29, 0.717) is 0 Å². The monoisotopic (exact) mass is 246 g/mol. The fourth-order valence-corrected chi connectivity index (χ4v) is 2.49. The third kappa shape index (κ3) is 2.18. The average molecular weight is 246 g/mol. The van der Waals surface area contributed by atoms with Gasteiger partial charge in [-0.15, -0.1) is 0 Å². The van der Waals surface area contributed by atoms with Crippen molar-refractivity contribution < 1.29 is 5.11 Å². The van der Waals surface area contributed by atoms with E-state index >= 15 is 0 Å². The lowest BCUT2D eigenvalue weighted by molar-refractivity contribution is 0.219. The molecule has 1 saturated carbocycles. The number of aromatic nitrogens is 3. The minimum absolute atomic E-state index is 0.0864. The number of hydrogen-bond acceptors (Lipinski definition) is 4. The van der Waals surface area contributed by atoms with Crippen molar-refractivity contribution >= 4 is 16.9 Å². The molecule has 0 amide bonds. The number of nitrogens with zero attached hydrogens (tertiary/aromatic N) is 2. The second kappa shape index (κ2) is 4.94. The molecule has 0 bridgehead atoms. The summed E-state index contributed by atoms with van der Waals surface area (Å²) in [5, 5.41) is 13.8. The minimum Gasteiger partial charge on any atom is -0.394 e. The summed E-state index contributed by atoms with van der Waals surface area (Å²) >= 11 is 0. The molecule has 2 aromatic heterocycles. The van der Waals surface area contributed by atoms with Gasteiger partial charge in [0.05, 0.1) is 18.0 Å². The Balaban J connectivity index is 1.74. The van der Waals surface area contributed by atoms with Gasteiger partial charge < -0.3 is 15.4 Å². The van der Waals surface area contributed by atoms with Gasteiger partial charge in [0.1, 0.15) is 17.8 Å². The van der Waals surface area contributed by atoms with Crippen LogP contribution in [0, 0.1) is 5.92 Å². The van der Waals surface area contributed by atoms with Crippen molar-refractivity contribution in [3.63, 3.8) is 0 Å². The first-order valence-electron chi connectivity index (χ1n) is 6.52. The van der Waals surface area contributed by atoms with Gasteiger partial charge in [-0.05, 0) is 18.4 Å². The van der Waals surface area contributed by atoms with Gasteiger partial charge in [0.2, 0.25) is 0 Å². The quantitative estimate of drug-likeness (QED) is 0.753. The maximum Gasteiger partial charge on any atom is 0.142 e. The van der Waals surface area contributed by atoms with Gasteiger partial charge in [-0.25, -0.2) is 9.97 Å². The molecular formula is C13H18N4O. The SMILES string of the molecule is OC[C@H](CC1CCC1)Nc1ncnc2[nH]ccc12. The Morgan fingerprint density at radius 3 is 3.06 bits per heavy atom. The van der Waals surface area contributed by atoms with E-state index in [2.05, 4.69) is 20.3 Å². The van der Waals surface area contributed by atoms with E-state index in [0.717, 1.165) is 29.2 Å². The van der Waals surface area contributed by atoms with Crippen LogP contribution in [0.25, 0.3) is 11.0 Å². The topological polar surface area (TPSA) is 73.8 Å². The van der Waals surface area contributed by atoms with Crippen molar-refractivity contribution in [1.29, 1.82) is 0 Å². The molecule has 96 valence electrons. The summed E-state index contributed by atoms with van der Waals surface area (Å²) in [7, 11) is 0. The van der Waals surface area contributed by atoms with Crippen molar-refractivity contribution in [3.05, 3.63) is 18.6 Å². The van der Waals surface area contributed by atoms with Crippen LogP contribution in [0.15, 0.2) is 18.6 Å². The molecule has 0 spiro atoms. The zero-order valence-electron chi connectivity index (χ0n) is 10.3. The molecule has 5 nitrogen and oxygen atoms in total. The molecule has 0 aromatic carbocycles. The summed E-state index contributed by atoms with van der Waals surface area (Å²) in [5.41, 5.74) is 0.827. The summed E-state index contributed by atoms with van der Waals surface area (Å²) in [6.07, 6.45) is 8.33. The Hall–Kier alpha value is -1.62. The third-order valence-corrected chi connectivity index (χ3v) is 3.76. The van der Waals surface area contributed by atoms with E-state index < -0.39 is 0 Å². The summed E-state index contributed by atoms with van der Waals surface area (Å²) in [6.45, 7) is 0.145. The molecule has 3 rings (SSSR count). The maximum absolute atomic E-state index is 9.46. The van der Waals surface area contributed by atoms with Gasteiger partial charge in [-0.2, -0.15) is 0 Å². The van der Waals surface area contributed by atoms with Crippen molar-refractivity contribution in [2.45, 2.75) is 31.7 Å². The molecule has 0 aliphatic heterocycles. The molecule has 0 saturated heterocycles. The van der Waals surface area contributed by atoms with Gasteiger partial charge in [0.15, 0.2) is 0 Å². The first-order valence-corrected chi connectivity index (χ1v) is 6.52. The molecule has 3 N–H and O–H groups in total. The number of aliphatic hydroxyl groups excluding tert-OH is 1. The zero-order valence-corrected chi connectivity index (χ0v) is 10.3. The van der Waals surface area contributed by atoms with Gasteiger partial charge in [0.25, 0.3) is 0 Å². The molecule has 0 radical (unpaired) electrons. The Morgan fingerprint density at radius 1 is 1.44 bits per heavy atom. The normalized spacial score (nSPS) is 17.6. The van der Waals surface area contributed by atoms with Crippen LogP contribution in [0.5, 0.6) is 0 Å². The molecule has 0 unspecified atom stereocenters. The molecule has 1 aliphatic rings. The van der Waals surface area contributed by atoms with Crippen LogP contribution in [-0.4, -0.2) is 32.7 Å².